The van der Waals surface area contributed by atoms with Gasteiger partial charge in [-0.1, -0.05) is 45.9 Å². The minimum atomic E-state index is -0.165. The molecule has 0 amide bonds. The number of hydrogen-bond donors (Lipinski definition) is 2. The molecule has 2 aliphatic rings. The van der Waals surface area contributed by atoms with Gasteiger partial charge >= 0.3 is 0 Å². The molecule has 4 heteroatoms. The number of fused-ring (bicyclic) bond motifs is 1. The van der Waals surface area contributed by atoms with E-state index in [1.807, 2.05) is 12.2 Å². The Labute approximate surface area is 213 Å². The molecular weight excluding hydrogens is 432 g/mol. The Morgan fingerprint density at radius 3 is 2.26 bits per heavy atom. The summed E-state index contributed by atoms with van der Waals surface area (Å²) in [5.74, 6) is 1.00. The van der Waals surface area contributed by atoms with Crippen molar-refractivity contribution in [2.75, 3.05) is 18.9 Å². The summed E-state index contributed by atoms with van der Waals surface area (Å²) in [4.78, 5) is 0. The van der Waals surface area contributed by atoms with Crippen molar-refractivity contribution in [1.82, 2.24) is 0 Å². The largest absolute Gasteiger partial charge is 0.491 e. The van der Waals surface area contributed by atoms with E-state index >= 15 is 0 Å². The molecule has 4 N–H and O–H groups in total. The summed E-state index contributed by atoms with van der Waals surface area (Å²) in [5, 5.41) is 0. The summed E-state index contributed by atoms with van der Waals surface area (Å²) in [7, 11) is 0. The normalized spacial score (nSPS) is 24.9. The van der Waals surface area contributed by atoms with E-state index in [0.717, 1.165) is 68.7 Å². The maximum Gasteiger partial charge on any atom is 0.142 e. The number of nitrogens with two attached hydrogens (primary N) is 2. The third kappa shape index (κ3) is 6.03. The second kappa shape index (κ2) is 11.5. The molecule has 4 nitrogen and oxygen atoms in total. The summed E-state index contributed by atoms with van der Waals surface area (Å²) in [6, 6.07) is 4.32. The van der Waals surface area contributed by atoms with Gasteiger partial charge in [-0.25, -0.2) is 0 Å². The predicted octanol–water partition coefficient (Wildman–Crippen LogP) is 7.10. The molecule has 3 rings (SSSR count). The van der Waals surface area contributed by atoms with Crippen LogP contribution in [0.5, 0.6) is 5.75 Å². The molecule has 1 aromatic rings. The lowest BCUT2D eigenvalue weighted by molar-refractivity contribution is 0.0497. The van der Waals surface area contributed by atoms with E-state index in [0.29, 0.717) is 6.61 Å². The fourth-order valence-corrected chi connectivity index (χ4v) is 5.82. The number of unbranched alkanes of at least 4 members (excludes halogenated alkanes) is 4. The lowest BCUT2D eigenvalue weighted by Crippen LogP contribution is -2.34. The highest BCUT2D eigenvalue weighted by Gasteiger charge is 2.48. The molecule has 0 spiro atoms. The van der Waals surface area contributed by atoms with Crippen molar-refractivity contribution in [3.8, 4) is 5.75 Å². The average molecular weight is 479 g/mol. The van der Waals surface area contributed by atoms with Crippen molar-refractivity contribution >= 4 is 5.69 Å². The van der Waals surface area contributed by atoms with Crippen molar-refractivity contribution in [3.63, 3.8) is 0 Å². The van der Waals surface area contributed by atoms with E-state index in [9.17, 15) is 0 Å². The molecule has 0 bridgehead atoms. The van der Waals surface area contributed by atoms with E-state index in [1.54, 1.807) is 0 Å². The van der Waals surface area contributed by atoms with Gasteiger partial charge in [0.1, 0.15) is 11.9 Å². The van der Waals surface area contributed by atoms with Gasteiger partial charge in [-0.05, 0) is 85.3 Å². The highest BCUT2D eigenvalue weighted by atomic mass is 16.5. The zero-order valence-electron chi connectivity index (χ0n) is 22.4. The molecule has 0 fully saturated rings. The van der Waals surface area contributed by atoms with Crippen LogP contribution in [0.4, 0.5) is 5.69 Å². The Hall–Kier alpha value is -2.46. The monoisotopic (exact) mass is 478 g/mol. The van der Waals surface area contributed by atoms with Crippen LogP contribution < -0.4 is 16.2 Å². The van der Waals surface area contributed by atoms with Gasteiger partial charge in [-0.15, -0.1) is 13.2 Å². The van der Waals surface area contributed by atoms with E-state index < -0.39 is 0 Å². The van der Waals surface area contributed by atoms with Crippen LogP contribution in [-0.4, -0.2) is 19.3 Å². The van der Waals surface area contributed by atoms with E-state index in [-0.39, 0.29) is 22.9 Å². The molecule has 0 saturated heterocycles. The first-order valence-corrected chi connectivity index (χ1v) is 13.2. The van der Waals surface area contributed by atoms with Gasteiger partial charge in [-0.3, -0.25) is 0 Å². The van der Waals surface area contributed by atoms with E-state index in [2.05, 4.69) is 65.1 Å². The minimum absolute atomic E-state index is 0.00583. The van der Waals surface area contributed by atoms with Crippen LogP contribution in [0, 0.1) is 5.92 Å². The smallest absolute Gasteiger partial charge is 0.142 e. The van der Waals surface area contributed by atoms with Crippen LogP contribution in [0.2, 0.25) is 0 Å². The third-order valence-corrected chi connectivity index (χ3v) is 7.64. The van der Waals surface area contributed by atoms with Crippen molar-refractivity contribution < 1.29 is 9.47 Å². The van der Waals surface area contributed by atoms with Gasteiger partial charge in [0.2, 0.25) is 0 Å². The maximum absolute atomic E-state index is 6.60. The third-order valence-electron chi connectivity index (χ3n) is 7.64. The highest BCUT2D eigenvalue weighted by molar-refractivity contribution is 5.64. The molecule has 0 heterocycles. The predicted molar refractivity (Wildman–Crippen MR) is 149 cm³/mol. The van der Waals surface area contributed by atoms with E-state index in [4.69, 9.17) is 20.9 Å². The zero-order valence-corrected chi connectivity index (χ0v) is 22.4. The maximum atomic E-state index is 6.60. The summed E-state index contributed by atoms with van der Waals surface area (Å²) < 4.78 is 12.3. The first kappa shape index (κ1) is 27.1. The first-order valence-electron chi connectivity index (χ1n) is 13.2. The summed E-state index contributed by atoms with van der Waals surface area (Å²) in [6.45, 7) is 18.1. The van der Waals surface area contributed by atoms with Gasteiger partial charge in [0.25, 0.3) is 0 Å². The fourth-order valence-electron chi connectivity index (χ4n) is 5.82. The summed E-state index contributed by atoms with van der Waals surface area (Å²) in [5.41, 5.74) is 18.3. The van der Waals surface area contributed by atoms with Crippen LogP contribution >= 0.6 is 0 Å². The standard InChI is InChI=1S/C31H46N2O2/c1-7-9-11-13-15-34-28-20-25-24(19-26(28)32)30(4,5)21-31(25,6)23-17-22(3)29(27(33)18-23)35-16-14-12-10-8-2/h7-8,17-20,22,29H,1-2,9-16,21,32-33H2,3-6H3. The lowest BCUT2D eigenvalue weighted by atomic mass is 9.71. The SMILES string of the molecule is C=CCCCCOc1cc2c(cc1N)C(C)(C)CC2(C)C1=CC(C)C(OCCCCC=C)C(N)=C1. The Balaban J connectivity index is 1.83. The van der Waals surface area contributed by atoms with Crippen LogP contribution in [0.15, 0.2) is 60.9 Å². The molecular formula is C31H46N2O2. The quantitative estimate of drug-likeness (QED) is 0.180. The second-order valence-corrected chi connectivity index (χ2v) is 11.2. The number of allylic oxidation sites excluding steroid dienone is 4. The molecule has 0 aromatic heterocycles. The number of ether oxygens (including phenoxy) is 2. The Morgan fingerprint density at radius 1 is 0.971 bits per heavy atom. The zero-order chi connectivity index (χ0) is 25.6. The molecule has 35 heavy (non-hydrogen) atoms. The topological polar surface area (TPSA) is 70.5 Å². The van der Waals surface area contributed by atoms with Crippen LogP contribution in [0.25, 0.3) is 0 Å². The Bertz CT molecular complexity index is 974. The fraction of sp³-hybridized carbons (Fsp3) is 0.548. The van der Waals surface area contributed by atoms with Gasteiger partial charge in [-0.2, -0.15) is 0 Å². The van der Waals surface area contributed by atoms with Gasteiger partial charge < -0.3 is 20.9 Å². The minimum Gasteiger partial charge on any atom is -0.491 e. The molecule has 3 unspecified atom stereocenters. The molecule has 0 aliphatic heterocycles. The second-order valence-electron chi connectivity index (χ2n) is 11.2. The molecule has 192 valence electrons. The van der Waals surface area contributed by atoms with Crippen molar-refractivity contribution in [3.05, 3.63) is 72.0 Å². The molecule has 2 aliphatic carbocycles. The van der Waals surface area contributed by atoms with Crippen molar-refractivity contribution in [2.45, 2.75) is 89.6 Å². The van der Waals surface area contributed by atoms with Crippen LogP contribution in [0.3, 0.4) is 0 Å². The number of anilines is 1. The van der Waals surface area contributed by atoms with Gasteiger partial charge in [0, 0.05) is 23.6 Å². The van der Waals surface area contributed by atoms with Crippen LogP contribution in [-0.2, 0) is 15.6 Å². The Kier molecular flexibility index (Phi) is 8.93. The molecule has 1 aromatic carbocycles. The lowest BCUT2D eigenvalue weighted by Gasteiger charge is -2.35. The van der Waals surface area contributed by atoms with Crippen LogP contribution in [0.1, 0.15) is 83.8 Å². The van der Waals surface area contributed by atoms with Crippen molar-refractivity contribution in [1.29, 1.82) is 0 Å². The highest BCUT2D eigenvalue weighted by Crippen LogP contribution is 2.55. The molecule has 0 radical (unpaired) electrons. The summed E-state index contributed by atoms with van der Waals surface area (Å²) >= 11 is 0. The Morgan fingerprint density at radius 2 is 1.63 bits per heavy atom. The number of benzene rings is 1. The van der Waals surface area contributed by atoms with E-state index in [1.165, 1.54) is 16.7 Å². The number of rotatable bonds is 13. The number of nitrogen functional groups attached to an aromatic ring is 1. The average Bonchev–Trinajstić information content (AvgIpc) is 3.00. The molecule has 3 atom stereocenters. The first-order chi connectivity index (χ1) is 16.6. The summed E-state index contributed by atoms with van der Waals surface area (Å²) in [6.07, 6.45) is 15.6. The van der Waals surface area contributed by atoms with Crippen molar-refractivity contribution in [2.24, 2.45) is 11.7 Å². The van der Waals surface area contributed by atoms with Gasteiger partial charge in [0.15, 0.2) is 0 Å². The number of hydrogen-bond acceptors (Lipinski definition) is 4. The van der Waals surface area contributed by atoms with Gasteiger partial charge in [0.05, 0.1) is 12.3 Å². The molecule has 0 saturated carbocycles.